The number of thiazole rings is 1. The number of carbonyl (C=O) groups is 1. The smallest absolute Gasteiger partial charge is 0.253 e. The van der Waals surface area contributed by atoms with E-state index in [2.05, 4.69) is 10.3 Å². The van der Waals surface area contributed by atoms with Crippen molar-refractivity contribution in [2.75, 3.05) is 11.9 Å². The third-order valence-corrected chi connectivity index (χ3v) is 5.17. The van der Waals surface area contributed by atoms with Crippen LogP contribution in [0.1, 0.15) is 12.8 Å². The monoisotopic (exact) mass is 368 g/mol. The summed E-state index contributed by atoms with van der Waals surface area (Å²) in [6, 6.07) is 14.1. The summed E-state index contributed by atoms with van der Waals surface area (Å²) in [4.78, 5) is 16.9. The number of benzene rings is 2. The molecule has 132 valence electrons. The highest BCUT2D eigenvalue weighted by Gasteiger charge is 2.24. The van der Waals surface area contributed by atoms with Gasteiger partial charge in [-0.1, -0.05) is 30.3 Å². The summed E-state index contributed by atoms with van der Waals surface area (Å²) < 4.78 is 19.4. The van der Waals surface area contributed by atoms with E-state index in [4.69, 9.17) is 4.74 Å². The minimum atomic E-state index is -0.396. The van der Waals surface area contributed by atoms with Crippen LogP contribution in [0.2, 0.25) is 0 Å². The highest BCUT2D eigenvalue weighted by molar-refractivity contribution is 7.13. The van der Waals surface area contributed by atoms with E-state index >= 15 is 0 Å². The Morgan fingerprint density at radius 2 is 1.92 bits per heavy atom. The molecule has 0 saturated carbocycles. The molecule has 3 aromatic rings. The lowest BCUT2D eigenvalue weighted by molar-refractivity contribution is -0.124. The lowest BCUT2D eigenvalue weighted by Gasteiger charge is -2.13. The summed E-state index contributed by atoms with van der Waals surface area (Å²) >= 11 is 1.38. The number of ether oxygens (including phenoxy) is 1. The Kier molecular flexibility index (Phi) is 4.77. The van der Waals surface area contributed by atoms with E-state index in [9.17, 15) is 9.18 Å². The second kappa shape index (κ2) is 7.35. The van der Waals surface area contributed by atoms with Gasteiger partial charge in [0.05, 0.1) is 11.4 Å². The lowest BCUT2D eigenvalue weighted by Crippen LogP contribution is -2.27. The number of hydrogen-bond donors (Lipinski definition) is 1. The number of para-hydroxylation sites is 1. The standard InChI is InChI=1S/C20H17FN2O2S/c21-15-8-3-1-6-13(15)20-23-17(12-26-20)14-7-2-4-9-16(14)22-19(24)18-10-5-11-25-18/h1-4,6-9,12,18H,5,10-11H2,(H,22,24). The van der Waals surface area contributed by atoms with Gasteiger partial charge >= 0.3 is 0 Å². The van der Waals surface area contributed by atoms with Crippen LogP contribution in [-0.2, 0) is 9.53 Å². The van der Waals surface area contributed by atoms with Crippen molar-refractivity contribution in [1.82, 2.24) is 4.98 Å². The van der Waals surface area contributed by atoms with Gasteiger partial charge in [0, 0.05) is 23.1 Å². The molecule has 4 nitrogen and oxygen atoms in total. The number of carbonyl (C=O) groups excluding carboxylic acids is 1. The molecule has 1 aliphatic rings. The molecular formula is C20H17FN2O2S. The number of hydrogen-bond acceptors (Lipinski definition) is 4. The predicted octanol–water partition coefficient (Wildman–Crippen LogP) is 4.73. The fourth-order valence-electron chi connectivity index (χ4n) is 2.97. The fourth-order valence-corrected chi connectivity index (χ4v) is 3.82. The first-order valence-corrected chi connectivity index (χ1v) is 9.32. The molecule has 0 spiro atoms. The SMILES string of the molecule is O=C(Nc1ccccc1-c1csc(-c2ccccc2F)n1)C1CCCO1. The number of rotatable bonds is 4. The summed E-state index contributed by atoms with van der Waals surface area (Å²) in [5.41, 5.74) is 2.66. The summed E-state index contributed by atoms with van der Waals surface area (Å²) in [6.45, 7) is 0.623. The second-order valence-electron chi connectivity index (χ2n) is 6.05. The van der Waals surface area contributed by atoms with Crippen molar-refractivity contribution in [3.05, 3.63) is 59.7 Å². The molecule has 26 heavy (non-hydrogen) atoms. The molecule has 0 radical (unpaired) electrons. The van der Waals surface area contributed by atoms with Crippen LogP contribution in [0.15, 0.2) is 53.9 Å². The van der Waals surface area contributed by atoms with Gasteiger partial charge in [-0.05, 0) is 31.0 Å². The molecule has 0 bridgehead atoms. The first kappa shape index (κ1) is 16.9. The highest BCUT2D eigenvalue weighted by atomic mass is 32.1. The number of halogens is 1. The Morgan fingerprint density at radius 1 is 1.15 bits per heavy atom. The lowest BCUT2D eigenvalue weighted by atomic mass is 10.1. The zero-order chi connectivity index (χ0) is 17.9. The molecule has 1 aromatic heterocycles. The van der Waals surface area contributed by atoms with Crippen molar-refractivity contribution in [1.29, 1.82) is 0 Å². The molecule has 4 rings (SSSR count). The van der Waals surface area contributed by atoms with E-state index < -0.39 is 6.10 Å². The van der Waals surface area contributed by atoms with Gasteiger partial charge in [0.25, 0.3) is 5.91 Å². The summed E-state index contributed by atoms with van der Waals surface area (Å²) in [6.07, 6.45) is 1.24. The van der Waals surface area contributed by atoms with Crippen LogP contribution in [0.5, 0.6) is 0 Å². The van der Waals surface area contributed by atoms with E-state index in [0.29, 0.717) is 28.6 Å². The second-order valence-corrected chi connectivity index (χ2v) is 6.91. The Bertz CT molecular complexity index is 935. The van der Waals surface area contributed by atoms with Gasteiger partial charge in [0.1, 0.15) is 16.9 Å². The Hall–Kier alpha value is -2.57. The van der Waals surface area contributed by atoms with Gasteiger partial charge in [0.15, 0.2) is 0 Å². The maximum atomic E-state index is 14.0. The first-order valence-electron chi connectivity index (χ1n) is 8.44. The van der Waals surface area contributed by atoms with Crippen LogP contribution >= 0.6 is 11.3 Å². The predicted molar refractivity (Wildman–Crippen MR) is 101 cm³/mol. The molecular weight excluding hydrogens is 351 g/mol. The molecule has 1 unspecified atom stereocenters. The van der Waals surface area contributed by atoms with E-state index in [1.54, 1.807) is 18.2 Å². The van der Waals surface area contributed by atoms with Crippen molar-refractivity contribution < 1.29 is 13.9 Å². The largest absolute Gasteiger partial charge is 0.368 e. The number of nitrogens with zero attached hydrogens (tertiary/aromatic N) is 1. The number of anilines is 1. The maximum absolute atomic E-state index is 14.0. The third-order valence-electron chi connectivity index (χ3n) is 4.29. The molecule has 1 fully saturated rings. The van der Waals surface area contributed by atoms with E-state index in [0.717, 1.165) is 18.4 Å². The normalized spacial score (nSPS) is 16.6. The molecule has 1 aliphatic heterocycles. The van der Waals surface area contributed by atoms with Crippen LogP contribution < -0.4 is 5.32 Å². The summed E-state index contributed by atoms with van der Waals surface area (Å²) in [5, 5.41) is 5.42. The van der Waals surface area contributed by atoms with Crippen molar-refractivity contribution in [2.45, 2.75) is 18.9 Å². The minimum Gasteiger partial charge on any atom is -0.368 e. The number of nitrogens with one attached hydrogen (secondary N) is 1. The van der Waals surface area contributed by atoms with Crippen LogP contribution in [-0.4, -0.2) is 23.6 Å². The van der Waals surface area contributed by atoms with Crippen LogP contribution in [0.3, 0.4) is 0 Å². The van der Waals surface area contributed by atoms with Crippen molar-refractivity contribution >= 4 is 22.9 Å². The molecule has 1 saturated heterocycles. The minimum absolute atomic E-state index is 0.139. The third kappa shape index (κ3) is 3.38. The van der Waals surface area contributed by atoms with Gasteiger partial charge in [-0.3, -0.25) is 4.79 Å². The Labute approximate surface area is 154 Å². The van der Waals surface area contributed by atoms with Crippen molar-refractivity contribution in [3.8, 4) is 21.8 Å². The molecule has 2 heterocycles. The van der Waals surface area contributed by atoms with E-state index in [1.165, 1.54) is 17.4 Å². The van der Waals surface area contributed by atoms with Crippen molar-refractivity contribution in [3.63, 3.8) is 0 Å². The van der Waals surface area contributed by atoms with Gasteiger partial charge in [-0.2, -0.15) is 0 Å². The van der Waals surface area contributed by atoms with Crippen LogP contribution in [0, 0.1) is 5.82 Å². The maximum Gasteiger partial charge on any atom is 0.253 e. The molecule has 1 amide bonds. The molecule has 2 aromatic carbocycles. The van der Waals surface area contributed by atoms with Gasteiger partial charge in [-0.25, -0.2) is 9.37 Å². The zero-order valence-corrected chi connectivity index (χ0v) is 14.8. The van der Waals surface area contributed by atoms with Crippen molar-refractivity contribution in [2.24, 2.45) is 0 Å². The van der Waals surface area contributed by atoms with Gasteiger partial charge in [-0.15, -0.1) is 11.3 Å². The molecule has 1 N–H and O–H groups in total. The van der Waals surface area contributed by atoms with E-state index in [-0.39, 0.29) is 11.7 Å². The molecule has 0 aliphatic carbocycles. The highest BCUT2D eigenvalue weighted by Crippen LogP contribution is 2.33. The first-order chi connectivity index (χ1) is 12.7. The average Bonchev–Trinajstić information content (AvgIpc) is 3.35. The number of amides is 1. The molecule has 1 atom stereocenters. The topological polar surface area (TPSA) is 51.2 Å². The van der Waals surface area contributed by atoms with E-state index in [1.807, 2.05) is 29.6 Å². The van der Waals surface area contributed by atoms with Gasteiger partial charge in [0.2, 0.25) is 0 Å². The Morgan fingerprint density at radius 3 is 2.69 bits per heavy atom. The fraction of sp³-hybridized carbons (Fsp3) is 0.200. The quantitative estimate of drug-likeness (QED) is 0.724. The van der Waals surface area contributed by atoms with Gasteiger partial charge < -0.3 is 10.1 Å². The van der Waals surface area contributed by atoms with Crippen LogP contribution in [0.25, 0.3) is 21.8 Å². The zero-order valence-electron chi connectivity index (χ0n) is 13.9. The summed E-state index contributed by atoms with van der Waals surface area (Å²) in [5.74, 6) is -0.437. The van der Waals surface area contributed by atoms with Crippen LogP contribution in [0.4, 0.5) is 10.1 Å². The average molecular weight is 368 g/mol. The number of aromatic nitrogens is 1. The Balaban J connectivity index is 1.62. The summed E-state index contributed by atoms with van der Waals surface area (Å²) in [7, 11) is 0. The molecule has 6 heteroatoms.